The Bertz CT molecular complexity index is 426. The van der Waals surface area contributed by atoms with Gasteiger partial charge >= 0.3 is 5.97 Å². The molecule has 0 atom stereocenters. The number of nitrogens with zero attached hydrogens (tertiary/aromatic N) is 1. The quantitative estimate of drug-likeness (QED) is 0.710. The van der Waals surface area contributed by atoms with Gasteiger partial charge in [0.15, 0.2) is 0 Å². The molecule has 1 aliphatic heterocycles. The van der Waals surface area contributed by atoms with Gasteiger partial charge < -0.3 is 9.47 Å². The molecule has 16 heavy (non-hydrogen) atoms. The molecule has 4 heteroatoms. The van der Waals surface area contributed by atoms with Crippen LogP contribution < -0.4 is 0 Å². The Hall–Kier alpha value is -1.68. The lowest BCUT2D eigenvalue weighted by Crippen LogP contribution is -2.10. The van der Waals surface area contributed by atoms with Gasteiger partial charge in [0.1, 0.15) is 0 Å². The van der Waals surface area contributed by atoms with E-state index in [0.717, 1.165) is 12.0 Å². The number of carbonyl (C=O) groups is 1. The van der Waals surface area contributed by atoms with Gasteiger partial charge in [0.05, 0.1) is 31.6 Å². The number of pyridine rings is 1. The average Bonchev–Trinajstić information content (AvgIpc) is 2.39. The summed E-state index contributed by atoms with van der Waals surface area (Å²) in [5.74, 6) is -0.351. The van der Waals surface area contributed by atoms with E-state index in [1.165, 1.54) is 7.11 Å². The molecule has 0 aromatic carbocycles. The van der Waals surface area contributed by atoms with Crippen molar-refractivity contribution in [2.24, 2.45) is 0 Å². The van der Waals surface area contributed by atoms with Crippen molar-refractivity contribution in [3.63, 3.8) is 0 Å². The molecule has 1 aromatic rings. The highest BCUT2D eigenvalue weighted by Gasteiger charge is 2.16. The highest BCUT2D eigenvalue weighted by molar-refractivity contribution is 5.94. The van der Waals surface area contributed by atoms with E-state index in [1.54, 1.807) is 18.3 Å². The number of hydrogen-bond acceptors (Lipinski definition) is 4. The molecule has 4 nitrogen and oxygen atoms in total. The van der Waals surface area contributed by atoms with Crippen LogP contribution in [0.4, 0.5) is 0 Å². The van der Waals surface area contributed by atoms with Crippen molar-refractivity contribution in [2.75, 3.05) is 20.3 Å². The van der Waals surface area contributed by atoms with Crippen molar-refractivity contribution >= 4 is 11.5 Å². The summed E-state index contributed by atoms with van der Waals surface area (Å²) in [7, 11) is 1.37. The number of hydrogen-bond donors (Lipinski definition) is 0. The molecule has 2 heterocycles. The maximum Gasteiger partial charge on any atom is 0.340 e. The molecule has 0 aliphatic carbocycles. The third-order valence-corrected chi connectivity index (χ3v) is 2.48. The molecule has 2 rings (SSSR count). The van der Waals surface area contributed by atoms with Crippen molar-refractivity contribution < 1.29 is 14.3 Å². The second kappa shape index (κ2) is 4.90. The summed E-state index contributed by atoms with van der Waals surface area (Å²) < 4.78 is 9.96. The van der Waals surface area contributed by atoms with Gasteiger partial charge in [-0.05, 0) is 24.1 Å². The fourth-order valence-corrected chi connectivity index (χ4v) is 1.68. The Morgan fingerprint density at radius 3 is 3.12 bits per heavy atom. The normalized spacial score (nSPS) is 15.4. The zero-order valence-electron chi connectivity index (χ0n) is 9.10. The van der Waals surface area contributed by atoms with Crippen molar-refractivity contribution in [3.8, 4) is 0 Å². The molecule has 0 N–H and O–H groups in total. The number of esters is 1. The molecule has 0 amide bonds. The molecule has 0 fully saturated rings. The van der Waals surface area contributed by atoms with Crippen LogP contribution >= 0.6 is 0 Å². The number of rotatable bonds is 2. The second-order valence-corrected chi connectivity index (χ2v) is 3.45. The molecule has 0 saturated carbocycles. The number of carbonyl (C=O) groups excluding carboxylic acids is 1. The minimum Gasteiger partial charge on any atom is -0.465 e. The summed E-state index contributed by atoms with van der Waals surface area (Å²) in [6.45, 7) is 1.25. The molecular weight excluding hydrogens is 206 g/mol. The Kier molecular flexibility index (Phi) is 3.31. The van der Waals surface area contributed by atoms with Crippen LogP contribution in [0.3, 0.4) is 0 Å². The maximum absolute atomic E-state index is 11.6. The van der Waals surface area contributed by atoms with E-state index in [-0.39, 0.29) is 5.97 Å². The van der Waals surface area contributed by atoms with E-state index in [4.69, 9.17) is 9.47 Å². The van der Waals surface area contributed by atoms with Crippen molar-refractivity contribution in [1.82, 2.24) is 4.98 Å². The minimum atomic E-state index is -0.351. The number of methoxy groups -OCH3 is 1. The first-order valence-corrected chi connectivity index (χ1v) is 5.13. The Balaban J connectivity index is 2.39. The third-order valence-electron chi connectivity index (χ3n) is 2.48. The lowest BCUT2D eigenvalue weighted by molar-refractivity contribution is 0.0599. The van der Waals surface area contributed by atoms with Gasteiger partial charge in [-0.1, -0.05) is 6.08 Å². The molecule has 0 radical (unpaired) electrons. The molecular formula is C12H13NO3. The highest BCUT2D eigenvalue weighted by Crippen LogP contribution is 2.22. The molecule has 84 valence electrons. The lowest BCUT2D eigenvalue weighted by Gasteiger charge is -2.14. The SMILES string of the molecule is COC(=O)c1cccnc1C1=CCOCC1. The summed E-state index contributed by atoms with van der Waals surface area (Å²) in [4.78, 5) is 15.8. The Labute approximate surface area is 93.9 Å². The maximum atomic E-state index is 11.6. The largest absolute Gasteiger partial charge is 0.465 e. The van der Waals surface area contributed by atoms with Crippen LogP contribution in [-0.2, 0) is 9.47 Å². The standard InChI is InChI=1S/C12H13NO3/c1-15-12(14)10-3-2-6-13-11(10)9-4-7-16-8-5-9/h2-4,6H,5,7-8H2,1H3. The monoisotopic (exact) mass is 219 g/mol. The molecule has 0 unspecified atom stereocenters. The Morgan fingerprint density at radius 2 is 2.44 bits per heavy atom. The van der Waals surface area contributed by atoms with Crippen LogP contribution in [0.15, 0.2) is 24.4 Å². The van der Waals surface area contributed by atoms with E-state index in [9.17, 15) is 4.79 Å². The predicted molar refractivity (Wildman–Crippen MR) is 59.0 cm³/mol. The summed E-state index contributed by atoms with van der Waals surface area (Å²) in [6, 6.07) is 3.46. The van der Waals surface area contributed by atoms with E-state index in [1.807, 2.05) is 6.08 Å². The first kappa shape index (κ1) is 10.8. The van der Waals surface area contributed by atoms with Gasteiger partial charge in [0.25, 0.3) is 0 Å². The predicted octanol–water partition coefficient (Wildman–Crippen LogP) is 1.67. The van der Waals surface area contributed by atoms with Crippen LogP contribution in [0.25, 0.3) is 5.57 Å². The lowest BCUT2D eigenvalue weighted by atomic mass is 10.0. The molecule has 0 spiro atoms. The van der Waals surface area contributed by atoms with Gasteiger partial charge in [0.2, 0.25) is 0 Å². The first-order valence-electron chi connectivity index (χ1n) is 5.13. The van der Waals surface area contributed by atoms with E-state index >= 15 is 0 Å². The third kappa shape index (κ3) is 2.12. The van der Waals surface area contributed by atoms with Gasteiger partial charge in [-0.2, -0.15) is 0 Å². The van der Waals surface area contributed by atoms with Crippen LogP contribution in [0.5, 0.6) is 0 Å². The summed E-state index contributed by atoms with van der Waals surface area (Å²) in [6.07, 6.45) is 4.41. The van der Waals surface area contributed by atoms with Gasteiger partial charge in [0, 0.05) is 6.20 Å². The average molecular weight is 219 g/mol. The molecule has 1 aliphatic rings. The van der Waals surface area contributed by atoms with Crippen molar-refractivity contribution in [2.45, 2.75) is 6.42 Å². The summed E-state index contributed by atoms with van der Waals surface area (Å²) in [5, 5.41) is 0. The van der Waals surface area contributed by atoms with Crippen LogP contribution in [0.2, 0.25) is 0 Å². The van der Waals surface area contributed by atoms with Gasteiger partial charge in [-0.3, -0.25) is 4.98 Å². The number of ether oxygens (including phenoxy) is 2. The van der Waals surface area contributed by atoms with Gasteiger partial charge in [-0.15, -0.1) is 0 Å². The van der Waals surface area contributed by atoms with Gasteiger partial charge in [-0.25, -0.2) is 4.79 Å². The van der Waals surface area contributed by atoms with Crippen LogP contribution in [0, 0.1) is 0 Å². The fraction of sp³-hybridized carbons (Fsp3) is 0.333. The first-order chi connectivity index (χ1) is 7.83. The number of aromatic nitrogens is 1. The van der Waals surface area contributed by atoms with E-state index < -0.39 is 0 Å². The van der Waals surface area contributed by atoms with E-state index in [2.05, 4.69) is 4.98 Å². The van der Waals surface area contributed by atoms with Crippen molar-refractivity contribution in [1.29, 1.82) is 0 Å². The second-order valence-electron chi connectivity index (χ2n) is 3.45. The molecule has 0 saturated heterocycles. The Morgan fingerprint density at radius 1 is 1.56 bits per heavy atom. The summed E-state index contributed by atoms with van der Waals surface area (Å²) in [5.41, 5.74) is 2.27. The summed E-state index contributed by atoms with van der Waals surface area (Å²) >= 11 is 0. The minimum absolute atomic E-state index is 0.351. The smallest absolute Gasteiger partial charge is 0.340 e. The zero-order valence-corrected chi connectivity index (χ0v) is 9.10. The van der Waals surface area contributed by atoms with E-state index in [0.29, 0.717) is 24.5 Å². The molecule has 0 bridgehead atoms. The fourth-order valence-electron chi connectivity index (χ4n) is 1.68. The van der Waals surface area contributed by atoms with Crippen LogP contribution in [0.1, 0.15) is 22.5 Å². The highest BCUT2D eigenvalue weighted by atomic mass is 16.5. The molecule has 1 aromatic heterocycles. The topological polar surface area (TPSA) is 48.4 Å². The van der Waals surface area contributed by atoms with Crippen LogP contribution in [-0.4, -0.2) is 31.3 Å². The zero-order chi connectivity index (χ0) is 11.4. The van der Waals surface area contributed by atoms with Crippen molar-refractivity contribution in [3.05, 3.63) is 35.7 Å².